The molecule has 0 aliphatic carbocycles. The number of hydrogen-bond acceptors (Lipinski definition) is 5. The Morgan fingerprint density at radius 3 is 3.00 bits per heavy atom. The van der Waals surface area contributed by atoms with E-state index in [4.69, 9.17) is 10.3 Å². The molecule has 20 heavy (non-hydrogen) atoms. The van der Waals surface area contributed by atoms with E-state index in [0.29, 0.717) is 11.7 Å². The summed E-state index contributed by atoms with van der Waals surface area (Å²) in [7, 11) is 0. The van der Waals surface area contributed by atoms with E-state index >= 15 is 0 Å². The molecule has 0 amide bonds. The predicted octanol–water partition coefficient (Wildman–Crippen LogP) is 3.08. The third-order valence-corrected chi connectivity index (χ3v) is 3.25. The van der Waals surface area contributed by atoms with Gasteiger partial charge in [-0.25, -0.2) is 0 Å². The number of aromatic nitrogens is 3. The predicted molar refractivity (Wildman–Crippen MR) is 76.9 cm³/mol. The summed E-state index contributed by atoms with van der Waals surface area (Å²) in [5, 5.41) is 4.98. The number of hydrogen-bond donors (Lipinski definition) is 1. The molecular formula is C15H16N4O. The molecule has 1 unspecified atom stereocenters. The van der Waals surface area contributed by atoms with Crippen LogP contribution in [0.1, 0.15) is 31.6 Å². The lowest BCUT2D eigenvalue weighted by molar-refractivity contribution is 0.413. The highest BCUT2D eigenvalue weighted by Gasteiger charge is 2.16. The topological polar surface area (TPSA) is 77.8 Å². The van der Waals surface area contributed by atoms with Gasteiger partial charge in [0.05, 0.1) is 11.6 Å². The van der Waals surface area contributed by atoms with E-state index in [0.717, 1.165) is 29.3 Å². The highest BCUT2D eigenvalue weighted by atomic mass is 16.5. The van der Waals surface area contributed by atoms with Crippen molar-refractivity contribution in [1.29, 1.82) is 0 Å². The largest absolute Gasteiger partial charge is 0.334 e. The van der Waals surface area contributed by atoms with Crippen molar-refractivity contribution in [2.24, 2.45) is 5.73 Å². The van der Waals surface area contributed by atoms with Gasteiger partial charge in [0.25, 0.3) is 5.89 Å². The van der Waals surface area contributed by atoms with Crippen LogP contribution < -0.4 is 5.73 Å². The summed E-state index contributed by atoms with van der Waals surface area (Å²) >= 11 is 0. The minimum absolute atomic E-state index is 0.175. The lowest BCUT2D eigenvalue weighted by Crippen LogP contribution is -2.11. The molecule has 0 aliphatic rings. The van der Waals surface area contributed by atoms with Gasteiger partial charge in [0.1, 0.15) is 0 Å². The molecule has 102 valence electrons. The molecule has 2 aromatic heterocycles. The first-order valence-corrected chi connectivity index (χ1v) is 6.73. The Hall–Kier alpha value is -2.27. The summed E-state index contributed by atoms with van der Waals surface area (Å²) in [6.45, 7) is 2.08. The molecule has 3 aromatic rings. The summed E-state index contributed by atoms with van der Waals surface area (Å²) in [5.74, 6) is 1.05. The number of nitrogens with two attached hydrogens (primary N) is 1. The van der Waals surface area contributed by atoms with Gasteiger partial charge < -0.3 is 10.3 Å². The van der Waals surface area contributed by atoms with Crippen molar-refractivity contribution < 1.29 is 4.52 Å². The first kappa shape index (κ1) is 12.7. The zero-order valence-corrected chi connectivity index (χ0v) is 11.3. The van der Waals surface area contributed by atoms with Crippen LogP contribution >= 0.6 is 0 Å². The Morgan fingerprint density at radius 1 is 1.25 bits per heavy atom. The minimum atomic E-state index is -0.175. The molecule has 0 radical (unpaired) electrons. The van der Waals surface area contributed by atoms with Gasteiger partial charge in [0.15, 0.2) is 5.82 Å². The van der Waals surface area contributed by atoms with Crippen LogP contribution in [0.2, 0.25) is 0 Å². The fraction of sp³-hybridized carbons (Fsp3) is 0.267. The lowest BCUT2D eigenvalue weighted by Gasteiger charge is -2.03. The van der Waals surface area contributed by atoms with E-state index in [-0.39, 0.29) is 6.04 Å². The molecule has 2 heterocycles. The summed E-state index contributed by atoms with van der Waals surface area (Å²) in [6, 6.07) is 9.55. The average Bonchev–Trinajstić information content (AvgIpc) is 2.97. The molecule has 0 saturated heterocycles. The summed E-state index contributed by atoms with van der Waals surface area (Å²) in [5.41, 5.74) is 7.80. The SMILES string of the molecule is CCCC(N)c1noc(-c2cccc3ncccc23)n1. The maximum Gasteiger partial charge on any atom is 0.258 e. The lowest BCUT2D eigenvalue weighted by atomic mass is 10.1. The molecule has 0 spiro atoms. The summed E-state index contributed by atoms with van der Waals surface area (Å²) in [6.07, 6.45) is 3.60. The standard InChI is InChI=1S/C15H16N4O/c1-2-5-12(16)14-18-15(20-19-14)11-6-3-8-13-10(11)7-4-9-17-13/h3-4,6-9,12H,2,5,16H2,1H3. The quantitative estimate of drug-likeness (QED) is 0.786. The fourth-order valence-corrected chi connectivity index (χ4v) is 2.22. The second-order valence-corrected chi connectivity index (χ2v) is 4.73. The van der Waals surface area contributed by atoms with Gasteiger partial charge in [-0.05, 0) is 24.6 Å². The number of pyridine rings is 1. The Bertz CT molecular complexity index is 717. The van der Waals surface area contributed by atoms with E-state index in [1.54, 1.807) is 6.20 Å². The molecule has 0 saturated carbocycles. The maximum atomic E-state index is 6.01. The molecule has 5 heteroatoms. The molecular weight excluding hydrogens is 252 g/mol. The smallest absolute Gasteiger partial charge is 0.258 e. The zero-order valence-electron chi connectivity index (χ0n) is 11.3. The number of rotatable bonds is 4. The molecule has 5 nitrogen and oxygen atoms in total. The van der Waals surface area contributed by atoms with Gasteiger partial charge in [-0.3, -0.25) is 4.98 Å². The van der Waals surface area contributed by atoms with Gasteiger partial charge >= 0.3 is 0 Å². The van der Waals surface area contributed by atoms with E-state index < -0.39 is 0 Å². The van der Waals surface area contributed by atoms with Crippen LogP contribution in [-0.4, -0.2) is 15.1 Å². The monoisotopic (exact) mass is 268 g/mol. The summed E-state index contributed by atoms with van der Waals surface area (Å²) < 4.78 is 5.36. The van der Waals surface area contributed by atoms with Crippen LogP contribution in [0.25, 0.3) is 22.4 Å². The first-order valence-electron chi connectivity index (χ1n) is 6.73. The first-order chi connectivity index (χ1) is 9.79. The molecule has 2 N–H and O–H groups in total. The van der Waals surface area contributed by atoms with E-state index in [2.05, 4.69) is 22.0 Å². The van der Waals surface area contributed by atoms with Crippen molar-refractivity contribution >= 4 is 10.9 Å². The van der Waals surface area contributed by atoms with Crippen molar-refractivity contribution in [2.75, 3.05) is 0 Å². The zero-order chi connectivity index (χ0) is 13.9. The average molecular weight is 268 g/mol. The minimum Gasteiger partial charge on any atom is -0.334 e. The molecule has 0 aliphatic heterocycles. The van der Waals surface area contributed by atoms with Gasteiger partial charge in [0, 0.05) is 17.1 Å². The van der Waals surface area contributed by atoms with Gasteiger partial charge in [-0.2, -0.15) is 4.98 Å². The van der Waals surface area contributed by atoms with E-state index in [9.17, 15) is 0 Å². The molecule has 0 fully saturated rings. The highest BCUT2D eigenvalue weighted by molar-refractivity contribution is 5.92. The van der Waals surface area contributed by atoms with Crippen LogP contribution in [0.3, 0.4) is 0 Å². The Morgan fingerprint density at radius 2 is 2.15 bits per heavy atom. The van der Waals surface area contributed by atoms with E-state index in [1.165, 1.54) is 0 Å². The normalized spacial score (nSPS) is 12.7. The number of nitrogens with zero attached hydrogens (tertiary/aromatic N) is 3. The third-order valence-electron chi connectivity index (χ3n) is 3.25. The van der Waals surface area contributed by atoms with Crippen molar-refractivity contribution in [3.8, 4) is 11.5 Å². The van der Waals surface area contributed by atoms with Crippen LogP contribution in [0.5, 0.6) is 0 Å². The van der Waals surface area contributed by atoms with Gasteiger partial charge in [-0.1, -0.05) is 30.6 Å². The fourth-order valence-electron chi connectivity index (χ4n) is 2.22. The molecule has 1 atom stereocenters. The Labute approximate surface area is 116 Å². The van der Waals surface area contributed by atoms with E-state index in [1.807, 2.05) is 30.3 Å². The third kappa shape index (κ3) is 2.28. The molecule has 3 rings (SSSR count). The number of fused-ring (bicyclic) bond motifs is 1. The second-order valence-electron chi connectivity index (χ2n) is 4.73. The second kappa shape index (κ2) is 5.38. The summed E-state index contributed by atoms with van der Waals surface area (Å²) in [4.78, 5) is 8.74. The van der Waals surface area contributed by atoms with Gasteiger partial charge in [-0.15, -0.1) is 0 Å². The van der Waals surface area contributed by atoms with Crippen LogP contribution in [0.15, 0.2) is 41.1 Å². The number of benzene rings is 1. The van der Waals surface area contributed by atoms with Crippen LogP contribution in [-0.2, 0) is 0 Å². The Kier molecular flexibility index (Phi) is 3.43. The van der Waals surface area contributed by atoms with Crippen molar-refractivity contribution in [3.05, 3.63) is 42.4 Å². The van der Waals surface area contributed by atoms with Crippen molar-refractivity contribution in [2.45, 2.75) is 25.8 Å². The van der Waals surface area contributed by atoms with Gasteiger partial charge in [0.2, 0.25) is 0 Å². The van der Waals surface area contributed by atoms with Crippen LogP contribution in [0.4, 0.5) is 0 Å². The maximum absolute atomic E-state index is 6.01. The highest BCUT2D eigenvalue weighted by Crippen LogP contribution is 2.27. The molecule has 1 aromatic carbocycles. The van der Waals surface area contributed by atoms with Crippen molar-refractivity contribution in [1.82, 2.24) is 15.1 Å². The van der Waals surface area contributed by atoms with Crippen LogP contribution in [0, 0.1) is 0 Å². The van der Waals surface area contributed by atoms with Crippen molar-refractivity contribution in [3.63, 3.8) is 0 Å². The molecule has 0 bridgehead atoms. The Balaban J connectivity index is 2.03.